The normalized spacial score (nSPS) is 33.5. The van der Waals surface area contributed by atoms with Gasteiger partial charge in [0.1, 0.15) is 0 Å². The minimum Gasteiger partial charge on any atom is -0.298 e. The largest absolute Gasteiger partial charge is 0.298 e. The second kappa shape index (κ2) is 4.45. The van der Waals surface area contributed by atoms with Gasteiger partial charge in [-0.3, -0.25) is 4.90 Å². The summed E-state index contributed by atoms with van der Waals surface area (Å²) in [6, 6.07) is 1.82. The van der Waals surface area contributed by atoms with Crippen molar-refractivity contribution in [2.75, 3.05) is 6.54 Å². The molecule has 2 fully saturated rings. The molecule has 1 unspecified atom stereocenters. The van der Waals surface area contributed by atoms with Crippen LogP contribution in [0.2, 0.25) is 0 Å². The van der Waals surface area contributed by atoms with Crippen molar-refractivity contribution in [1.29, 1.82) is 0 Å². The molecule has 1 saturated carbocycles. The highest BCUT2D eigenvalue weighted by molar-refractivity contribution is 4.82. The van der Waals surface area contributed by atoms with Crippen molar-refractivity contribution in [2.24, 2.45) is 0 Å². The quantitative estimate of drug-likeness (QED) is 0.600. The molecule has 0 aromatic heterocycles. The van der Waals surface area contributed by atoms with E-state index in [1.54, 1.807) is 0 Å². The summed E-state index contributed by atoms with van der Waals surface area (Å²) < 4.78 is 0. The third-order valence-electron chi connectivity index (χ3n) is 3.90. The maximum atomic E-state index is 2.79. The Morgan fingerprint density at radius 1 is 0.846 bits per heavy atom. The van der Waals surface area contributed by atoms with Gasteiger partial charge in [-0.25, -0.2) is 0 Å². The van der Waals surface area contributed by atoms with Crippen LogP contribution in [0.1, 0.15) is 58.3 Å². The summed E-state index contributed by atoms with van der Waals surface area (Å²) in [7, 11) is 0. The summed E-state index contributed by atoms with van der Waals surface area (Å²) in [5.41, 5.74) is 0. The number of piperidine rings is 1. The molecule has 1 aliphatic carbocycles. The van der Waals surface area contributed by atoms with Crippen LogP contribution in [-0.4, -0.2) is 23.5 Å². The van der Waals surface area contributed by atoms with Gasteiger partial charge in [-0.15, -0.1) is 0 Å². The molecule has 1 atom stereocenters. The van der Waals surface area contributed by atoms with Crippen LogP contribution in [0.3, 0.4) is 0 Å². The fourth-order valence-corrected chi connectivity index (χ4v) is 3.08. The van der Waals surface area contributed by atoms with Crippen LogP contribution in [0.25, 0.3) is 0 Å². The van der Waals surface area contributed by atoms with Crippen LogP contribution in [0.4, 0.5) is 0 Å². The lowest BCUT2D eigenvalue weighted by molar-refractivity contribution is 0.0819. The lowest BCUT2D eigenvalue weighted by atomic mass is 9.91. The first-order valence-electron chi connectivity index (χ1n) is 6.13. The van der Waals surface area contributed by atoms with Crippen molar-refractivity contribution < 1.29 is 0 Å². The molecule has 0 aromatic carbocycles. The molecule has 0 radical (unpaired) electrons. The van der Waals surface area contributed by atoms with Gasteiger partial charge in [0.2, 0.25) is 0 Å². The van der Waals surface area contributed by atoms with E-state index in [2.05, 4.69) is 11.8 Å². The molecule has 1 nitrogen and oxygen atoms in total. The van der Waals surface area contributed by atoms with E-state index in [1.165, 1.54) is 57.9 Å². The Hall–Kier alpha value is -0.0400. The summed E-state index contributed by atoms with van der Waals surface area (Å²) >= 11 is 0. The molecule has 1 saturated heterocycles. The van der Waals surface area contributed by atoms with E-state index in [-0.39, 0.29) is 0 Å². The van der Waals surface area contributed by atoms with Crippen LogP contribution >= 0.6 is 0 Å². The predicted molar refractivity (Wildman–Crippen MR) is 56.9 cm³/mol. The number of likely N-dealkylation sites (tertiary alicyclic amines) is 1. The van der Waals surface area contributed by atoms with Gasteiger partial charge in [0, 0.05) is 12.1 Å². The van der Waals surface area contributed by atoms with Crippen LogP contribution in [-0.2, 0) is 0 Å². The Kier molecular flexibility index (Phi) is 3.26. The third kappa shape index (κ3) is 2.25. The van der Waals surface area contributed by atoms with E-state index < -0.39 is 0 Å². The number of hydrogen-bond donors (Lipinski definition) is 0. The Morgan fingerprint density at radius 2 is 1.54 bits per heavy atom. The number of hydrogen-bond acceptors (Lipinski definition) is 1. The van der Waals surface area contributed by atoms with E-state index in [0.717, 1.165) is 12.1 Å². The minimum absolute atomic E-state index is 0.872. The molecule has 0 N–H and O–H groups in total. The molecule has 0 spiro atoms. The molecule has 2 aliphatic rings. The lowest BCUT2D eigenvalue weighted by Gasteiger charge is -2.41. The molecule has 0 aromatic rings. The maximum absolute atomic E-state index is 2.79. The SMILES string of the molecule is CC1CCCCN1C1CCCCC1. The molecule has 1 heteroatoms. The van der Waals surface area contributed by atoms with E-state index in [4.69, 9.17) is 0 Å². The summed E-state index contributed by atoms with van der Waals surface area (Å²) in [4.78, 5) is 2.79. The second-order valence-electron chi connectivity index (χ2n) is 4.87. The van der Waals surface area contributed by atoms with E-state index in [0.29, 0.717) is 0 Å². The first-order valence-corrected chi connectivity index (χ1v) is 6.13. The predicted octanol–water partition coefficient (Wildman–Crippen LogP) is 3.19. The summed E-state index contributed by atoms with van der Waals surface area (Å²) in [5, 5.41) is 0. The Labute approximate surface area is 82.5 Å². The highest BCUT2D eigenvalue weighted by Crippen LogP contribution is 2.28. The molecule has 2 rings (SSSR count). The Morgan fingerprint density at radius 3 is 2.23 bits per heavy atom. The van der Waals surface area contributed by atoms with Gasteiger partial charge in [0.25, 0.3) is 0 Å². The number of rotatable bonds is 1. The van der Waals surface area contributed by atoms with Gasteiger partial charge in [0.15, 0.2) is 0 Å². The van der Waals surface area contributed by atoms with E-state index in [9.17, 15) is 0 Å². The van der Waals surface area contributed by atoms with E-state index >= 15 is 0 Å². The summed E-state index contributed by atoms with van der Waals surface area (Å²) in [6.07, 6.45) is 11.7. The zero-order valence-electron chi connectivity index (χ0n) is 8.97. The monoisotopic (exact) mass is 181 g/mol. The standard InChI is InChI=1S/C12H23N/c1-11-7-5-6-10-13(11)12-8-3-2-4-9-12/h11-12H,2-10H2,1H3. The molecular weight excluding hydrogens is 158 g/mol. The van der Waals surface area contributed by atoms with Crippen molar-refractivity contribution in [3.8, 4) is 0 Å². The maximum Gasteiger partial charge on any atom is 0.00980 e. The number of nitrogens with zero attached hydrogens (tertiary/aromatic N) is 1. The Balaban J connectivity index is 1.88. The van der Waals surface area contributed by atoms with Crippen molar-refractivity contribution in [1.82, 2.24) is 4.90 Å². The molecule has 0 bridgehead atoms. The highest BCUT2D eigenvalue weighted by Gasteiger charge is 2.26. The van der Waals surface area contributed by atoms with Crippen molar-refractivity contribution in [3.05, 3.63) is 0 Å². The lowest BCUT2D eigenvalue weighted by Crippen LogP contribution is -2.45. The van der Waals surface area contributed by atoms with Crippen LogP contribution in [0.5, 0.6) is 0 Å². The minimum atomic E-state index is 0.872. The van der Waals surface area contributed by atoms with Gasteiger partial charge in [-0.1, -0.05) is 25.7 Å². The molecular formula is C12H23N. The van der Waals surface area contributed by atoms with Crippen molar-refractivity contribution in [3.63, 3.8) is 0 Å². The molecule has 0 amide bonds. The summed E-state index contributed by atoms with van der Waals surface area (Å²) in [6.45, 7) is 3.81. The average molecular weight is 181 g/mol. The first kappa shape index (κ1) is 9.51. The highest BCUT2D eigenvalue weighted by atomic mass is 15.2. The van der Waals surface area contributed by atoms with Crippen LogP contribution in [0.15, 0.2) is 0 Å². The van der Waals surface area contributed by atoms with Crippen molar-refractivity contribution in [2.45, 2.75) is 70.4 Å². The smallest absolute Gasteiger partial charge is 0.00980 e. The molecule has 13 heavy (non-hydrogen) atoms. The third-order valence-corrected chi connectivity index (χ3v) is 3.90. The fourth-order valence-electron chi connectivity index (χ4n) is 3.08. The zero-order valence-corrected chi connectivity index (χ0v) is 8.97. The van der Waals surface area contributed by atoms with Gasteiger partial charge in [0.05, 0.1) is 0 Å². The van der Waals surface area contributed by atoms with Crippen molar-refractivity contribution >= 4 is 0 Å². The second-order valence-corrected chi connectivity index (χ2v) is 4.87. The zero-order chi connectivity index (χ0) is 9.10. The van der Waals surface area contributed by atoms with Gasteiger partial charge >= 0.3 is 0 Å². The average Bonchev–Trinajstić information content (AvgIpc) is 2.20. The fraction of sp³-hybridized carbons (Fsp3) is 1.00. The van der Waals surface area contributed by atoms with E-state index in [1.807, 2.05) is 0 Å². The topological polar surface area (TPSA) is 3.24 Å². The summed E-state index contributed by atoms with van der Waals surface area (Å²) in [5.74, 6) is 0. The Bertz CT molecular complexity index is 149. The molecule has 1 aliphatic heterocycles. The molecule has 1 heterocycles. The van der Waals surface area contributed by atoms with Gasteiger partial charge < -0.3 is 0 Å². The van der Waals surface area contributed by atoms with Gasteiger partial charge in [-0.2, -0.15) is 0 Å². The molecule has 76 valence electrons. The first-order chi connectivity index (χ1) is 6.38. The van der Waals surface area contributed by atoms with Gasteiger partial charge in [-0.05, 0) is 39.2 Å². The van der Waals surface area contributed by atoms with Crippen LogP contribution in [0, 0.1) is 0 Å². The van der Waals surface area contributed by atoms with Crippen LogP contribution < -0.4 is 0 Å².